The van der Waals surface area contributed by atoms with Crippen molar-refractivity contribution in [2.45, 2.75) is 69.6 Å². The monoisotopic (exact) mass is 485 g/mol. The molecule has 8 heteroatoms. The van der Waals surface area contributed by atoms with Crippen LogP contribution in [0.2, 0.25) is 0 Å². The van der Waals surface area contributed by atoms with Gasteiger partial charge in [-0.25, -0.2) is 13.2 Å². The van der Waals surface area contributed by atoms with Crippen LogP contribution in [0.4, 0.5) is 13.2 Å². The summed E-state index contributed by atoms with van der Waals surface area (Å²) in [7, 11) is 0. The van der Waals surface area contributed by atoms with Crippen molar-refractivity contribution in [1.82, 2.24) is 10.2 Å². The van der Waals surface area contributed by atoms with E-state index in [1.807, 2.05) is 35.2 Å². The number of amides is 2. The number of hydrogen-bond acceptors (Lipinski definition) is 3. The van der Waals surface area contributed by atoms with Crippen LogP contribution in [0.3, 0.4) is 0 Å². The highest BCUT2D eigenvalue weighted by Crippen LogP contribution is 2.51. The van der Waals surface area contributed by atoms with E-state index in [1.165, 1.54) is 0 Å². The first-order valence-electron chi connectivity index (χ1n) is 12.3. The van der Waals surface area contributed by atoms with E-state index in [-0.39, 0.29) is 41.8 Å². The Morgan fingerprint density at radius 1 is 1.00 bits per heavy atom. The fourth-order valence-electron chi connectivity index (χ4n) is 5.90. The fraction of sp³-hybridized carbons (Fsp3) is 0.481. The Morgan fingerprint density at radius 3 is 2.26 bits per heavy atom. The summed E-state index contributed by atoms with van der Waals surface area (Å²) in [4.78, 5) is 28.5. The Balaban J connectivity index is 1.22. The van der Waals surface area contributed by atoms with Crippen LogP contribution in [0.25, 0.3) is 0 Å². The van der Waals surface area contributed by atoms with Crippen LogP contribution in [0.1, 0.15) is 49.7 Å². The van der Waals surface area contributed by atoms with Crippen molar-refractivity contribution in [3.05, 3.63) is 71.0 Å². The van der Waals surface area contributed by atoms with Gasteiger partial charge in [-0.3, -0.25) is 9.59 Å². The third kappa shape index (κ3) is 4.56. The van der Waals surface area contributed by atoms with Crippen molar-refractivity contribution in [2.75, 3.05) is 0 Å². The first-order valence-corrected chi connectivity index (χ1v) is 12.3. The molecular weight excluding hydrogens is 455 g/mol. The Labute approximate surface area is 202 Å². The van der Waals surface area contributed by atoms with E-state index in [1.54, 1.807) is 0 Å². The van der Waals surface area contributed by atoms with Crippen molar-refractivity contribution in [3.8, 4) is 0 Å². The molecule has 5 nitrogen and oxygen atoms in total. The minimum absolute atomic E-state index is 0.00787. The standard InChI is InChI=1S/C27H30F3N3O2/c28-21-14-23(30)22(29)12-17(21)13-24(31)18-10-19-6-7-20(11-18)33(19)26(35)27(8-9-27)25(34)32-15-16-4-2-1-3-5-16/h1-5,12,14,18-20,24H,6-11,13,15,31H2,(H,32,34)/t18-,19-,20+,24-/m1/s1. The van der Waals surface area contributed by atoms with Crippen LogP contribution >= 0.6 is 0 Å². The van der Waals surface area contributed by atoms with Crippen molar-refractivity contribution in [1.29, 1.82) is 0 Å². The van der Waals surface area contributed by atoms with Gasteiger partial charge in [0.15, 0.2) is 11.6 Å². The topological polar surface area (TPSA) is 75.4 Å². The number of rotatable bonds is 7. The predicted molar refractivity (Wildman–Crippen MR) is 124 cm³/mol. The van der Waals surface area contributed by atoms with Gasteiger partial charge in [0.1, 0.15) is 11.2 Å². The predicted octanol–water partition coefficient (Wildman–Crippen LogP) is 3.84. The summed E-state index contributed by atoms with van der Waals surface area (Å²) in [6.45, 7) is 0.388. The first kappa shape index (κ1) is 23.9. The van der Waals surface area contributed by atoms with Crippen LogP contribution in [-0.2, 0) is 22.6 Å². The SMILES string of the molecule is N[C@H](Cc1cc(F)c(F)cc1F)[C@@H]1C[C@H]2CC[C@@H](C1)N2C(=O)C1(C(=O)NCc2ccccc2)CC1. The maximum absolute atomic E-state index is 14.1. The normalized spacial score (nSPS) is 25.3. The number of halogens is 3. The zero-order valence-electron chi connectivity index (χ0n) is 19.5. The molecule has 0 aromatic heterocycles. The quantitative estimate of drug-likeness (QED) is 0.462. The highest BCUT2D eigenvalue weighted by atomic mass is 19.2. The van der Waals surface area contributed by atoms with Gasteiger partial charge < -0.3 is 16.0 Å². The van der Waals surface area contributed by atoms with E-state index in [4.69, 9.17) is 5.73 Å². The molecule has 2 aromatic rings. The first-order chi connectivity index (χ1) is 16.8. The summed E-state index contributed by atoms with van der Waals surface area (Å²) in [5.74, 6) is -3.37. The summed E-state index contributed by atoms with van der Waals surface area (Å²) < 4.78 is 41.0. The van der Waals surface area contributed by atoms with E-state index in [0.717, 1.165) is 24.5 Å². The van der Waals surface area contributed by atoms with Crippen molar-refractivity contribution in [3.63, 3.8) is 0 Å². The maximum atomic E-state index is 14.1. The van der Waals surface area contributed by atoms with Crippen molar-refractivity contribution < 1.29 is 22.8 Å². The molecule has 0 spiro atoms. The lowest BCUT2D eigenvalue weighted by molar-refractivity contribution is -0.148. The van der Waals surface area contributed by atoms with E-state index >= 15 is 0 Å². The van der Waals surface area contributed by atoms with E-state index in [2.05, 4.69) is 5.32 Å². The molecule has 2 aliphatic heterocycles. The van der Waals surface area contributed by atoms with Crippen molar-refractivity contribution in [2.24, 2.45) is 17.1 Å². The van der Waals surface area contributed by atoms with Crippen LogP contribution in [0.5, 0.6) is 0 Å². The van der Waals surface area contributed by atoms with Gasteiger partial charge in [-0.05, 0) is 68.1 Å². The minimum atomic E-state index is -1.22. The second-order valence-electron chi connectivity index (χ2n) is 10.3. The minimum Gasteiger partial charge on any atom is -0.351 e. The molecule has 1 aliphatic carbocycles. The van der Waals surface area contributed by atoms with Gasteiger partial charge in [0, 0.05) is 30.7 Å². The largest absolute Gasteiger partial charge is 0.351 e. The lowest BCUT2D eigenvalue weighted by atomic mass is 9.82. The Kier molecular flexibility index (Phi) is 6.34. The average Bonchev–Trinajstić information content (AvgIpc) is 3.62. The molecule has 0 radical (unpaired) electrons. The van der Waals surface area contributed by atoms with Crippen LogP contribution in [-0.4, -0.2) is 34.8 Å². The lowest BCUT2D eigenvalue weighted by Crippen LogP contribution is -2.54. The molecule has 5 rings (SSSR count). The van der Waals surface area contributed by atoms with E-state index < -0.39 is 28.9 Å². The second-order valence-corrected chi connectivity index (χ2v) is 10.3. The fourth-order valence-corrected chi connectivity index (χ4v) is 5.90. The molecule has 186 valence electrons. The Morgan fingerprint density at radius 2 is 1.63 bits per heavy atom. The zero-order valence-corrected chi connectivity index (χ0v) is 19.5. The zero-order chi connectivity index (χ0) is 24.7. The average molecular weight is 486 g/mol. The van der Waals surface area contributed by atoms with Gasteiger partial charge in [-0.2, -0.15) is 0 Å². The van der Waals surface area contributed by atoms with Gasteiger partial charge in [-0.1, -0.05) is 30.3 Å². The Bertz CT molecular complexity index is 1110. The number of carbonyl (C=O) groups is 2. The number of nitrogens with one attached hydrogen (secondary N) is 1. The van der Waals surface area contributed by atoms with Crippen LogP contribution in [0.15, 0.2) is 42.5 Å². The molecule has 4 atom stereocenters. The molecule has 3 fully saturated rings. The highest BCUT2D eigenvalue weighted by molar-refractivity contribution is 6.08. The number of piperidine rings is 1. The van der Waals surface area contributed by atoms with Crippen molar-refractivity contribution >= 4 is 11.8 Å². The molecule has 3 aliphatic rings. The molecule has 2 amide bonds. The maximum Gasteiger partial charge on any atom is 0.238 e. The molecule has 3 N–H and O–H groups in total. The number of nitrogens with zero attached hydrogens (tertiary/aromatic N) is 1. The van der Waals surface area contributed by atoms with E-state index in [0.29, 0.717) is 38.3 Å². The molecule has 2 heterocycles. The molecular formula is C27H30F3N3O2. The summed E-state index contributed by atoms with van der Waals surface area (Å²) in [6, 6.07) is 10.6. The third-order valence-electron chi connectivity index (χ3n) is 8.04. The molecule has 2 bridgehead atoms. The molecule has 1 saturated carbocycles. The van der Waals surface area contributed by atoms with Crippen LogP contribution < -0.4 is 11.1 Å². The number of fused-ring (bicyclic) bond motifs is 2. The summed E-state index contributed by atoms with van der Waals surface area (Å²) in [6.07, 6.45) is 4.24. The summed E-state index contributed by atoms with van der Waals surface area (Å²) >= 11 is 0. The Hall–Kier alpha value is -2.87. The highest BCUT2D eigenvalue weighted by Gasteiger charge is 2.61. The van der Waals surface area contributed by atoms with Crippen LogP contribution in [0, 0.1) is 28.8 Å². The smallest absolute Gasteiger partial charge is 0.238 e. The summed E-state index contributed by atoms with van der Waals surface area (Å²) in [5.41, 5.74) is 6.48. The third-order valence-corrected chi connectivity index (χ3v) is 8.04. The van der Waals surface area contributed by atoms with Gasteiger partial charge in [-0.15, -0.1) is 0 Å². The van der Waals surface area contributed by atoms with E-state index in [9.17, 15) is 22.8 Å². The molecule has 2 saturated heterocycles. The molecule has 35 heavy (non-hydrogen) atoms. The number of hydrogen-bond donors (Lipinski definition) is 2. The second kappa shape index (κ2) is 9.30. The van der Waals surface area contributed by atoms with Gasteiger partial charge in [0.25, 0.3) is 0 Å². The molecule has 2 aromatic carbocycles. The van der Waals surface area contributed by atoms with Gasteiger partial charge in [0.05, 0.1) is 0 Å². The molecule has 0 unspecified atom stereocenters. The number of benzene rings is 2. The number of nitrogens with two attached hydrogens (primary N) is 1. The summed E-state index contributed by atoms with van der Waals surface area (Å²) in [5, 5.41) is 2.94. The lowest BCUT2D eigenvalue weighted by Gasteiger charge is -2.42. The van der Waals surface area contributed by atoms with Gasteiger partial charge >= 0.3 is 0 Å². The number of carbonyl (C=O) groups excluding carboxylic acids is 2. The van der Waals surface area contributed by atoms with Gasteiger partial charge in [0.2, 0.25) is 11.8 Å².